The van der Waals surface area contributed by atoms with Gasteiger partial charge in [-0.3, -0.25) is 0 Å². The number of rotatable bonds is 40. The predicted molar refractivity (Wildman–Crippen MR) is 204 cm³/mol. The number of unbranched alkanes of at least 4 members (excludes halogenated alkanes) is 30. The quantitative estimate of drug-likeness (QED) is 0.0673. The van der Waals surface area contributed by atoms with Gasteiger partial charge in [0, 0.05) is 0 Å². The Morgan fingerprint density at radius 3 is 0.705 bits per heavy atom. The van der Waals surface area contributed by atoms with Crippen molar-refractivity contribution in [1.82, 2.24) is 5.32 Å². The molecule has 0 unspecified atom stereocenters. The van der Waals surface area contributed by atoms with Gasteiger partial charge in [0.25, 0.3) is 0 Å². The first-order valence-corrected chi connectivity index (χ1v) is 21.6. The first kappa shape index (κ1) is 44.0. The molecule has 1 nitrogen and oxygen atoms in total. The van der Waals surface area contributed by atoms with Gasteiger partial charge in [0.2, 0.25) is 0 Å². The van der Waals surface area contributed by atoms with Crippen LogP contribution in [0.5, 0.6) is 0 Å². The molecule has 0 atom stereocenters. The third-order valence-corrected chi connectivity index (χ3v) is 10.4. The van der Waals surface area contributed by atoms with E-state index in [1.54, 1.807) is 0 Å². The smallest absolute Gasteiger partial charge is 0.00489 e. The molecule has 44 heavy (non-hydrogen) atoms. The summed E-state index contributed by atoms with van der Waals surface area (Å²) in [5.41, 5.74) is 0. The number of hydrogen-bond donors (Lipinski definition) is 1. The summed E-state index contributed by atoms with van der Waals surface area (Å²) in [6.07, 6.45) is 54.1. The van der Waals surface area contributed by atoms with Crippen LogP contribution in [0.1, 0.15) is 258 Å². The lowest BCUT2D eigenvalue weighted by molar-refractivity contribution is 0.365. The fraction of sp³-hybridized carbons (Fsp3) is 1.00. The molecule has 0 bridgehead atoms. The molecule has 0 aliphatic rings. The minimum Gasteiger partial charge on any atom is -0.317 e. The Morgan fingerprint density at radius 1 is 0.250 bits per heavy atom. The Morgan fingerprint density at radius 2 is 0.455 bits per heavy atom. The van der Waals surface area contributed by atoms with E-state index in [0.29, 0.717) is 0 Å². The van der Waals surface area contributed by atoms with Crippen molar-refractivity contribution in [3.05, 3.63) is 0 Å². The highest BCUT2D eigenvalue weighted by Crippen LogP contribution is 2.25. The van der Waals surface area contributed by atoms with E-state index in [0.717, 1.165) is 5.92 Å². The lowest BCUT2D eigenvalue weighted by Gasteiger charge is -2.17. The van der Waals surface area contributed by atoms with Crippen molar-refractivity contribution in [2.75, 3.05) is 13.1 Å². The van der Waals surface area contributed by atoms with E-state index >= 15 is 0 Å². The van der Waals surface area contributed by atoms with Crippen LogP contribution < -0.4 is 5.32 Å². The zero-order valence-electron chi connectivity index (χ0n) is 31.7. The molecular weight excluding hydrogens is 530 g/mol. The summed E-state index contributed by atoms with van der Waals surface area (Å²) in [6.45, 7) is 9.46. The lowest BCUT2D eigenvalue weighted by atomic mass is 9.89. The second kappa shape index (κ2) is 41.0. The van der Waals surface area contributed by atoms with E-state index in [4.69, 9.17) is 0 Å². The second-order valence-electron chi connectivity index (χ2n) is 14.9. The first-order chi connectivity index (χ1) is 21.8. The van der Waals surface area contributed by atoms with Crippen LogP contribution in [-0.4, -0.2) is 13.1 Å². The van der Waals surface area contributed by atoms with E-state index in [2.05, 4.69) is 26.1 Å². The average molecular weight is 620 g/mol. The molecule has 266 valence electrons. The Bertz CT molecular complexity index is 458. The monoisotopic (exact) mass is 620 g/mol. The largest absolute Gasteiger partial charge is 0.317 e. The minimum atomic E-state index is 1.03. The summed E-state index contributed by atoms with van der Waals surface area (Å²) in [6, 6.07) is 0. The molecule has 1 heteroatoms. The molecule has 0 fully saturated rings. The van der Waals surface area contributed by atoms with Gasteiger partial charge in [-0.15, -0.1) is 0 Å². The Hall–Kier alpha value is -0.0400. The summed E-state index contributed by atoms with van der Waals surface area (Å²) in [5.74, 6) is 1.03. The highest BCUT2D eigenvalue weighted by atomic mass is 14.8. The zero-order valence-corrected chi connectivity index (χ0v) is 31.7. The van der Waals surface area contributed by atoms with Gasteiger partial charge >= 0.3 is 0 Å². The summed E-state index contributed by atoms with van der Waals surface area (Å²) in [4.78, 5) is 0. The van der Waals surface area contributed by atoms with Crippen molar-refractivity contribution in [3.8, 4) is 0 Å². The van der Waals surface area contributed by atoms with E-state index in [1.807, 2.05) is 0 Å². The summed E-state index contributed by atoms with van der Waals surface area (Å²) < 4.78 is 0. The van der Waals surface area contributed by atoms with Crippen LogP contribution >= 0.6 is 0 Å². The van der Waals surface area contributed by atoms with E-state index in [-0.39, 0.29) is 0 Å². The Labute approximate surface area is 282 Å². The van der Waals surface area contributed by atoms with Gasteiger partial charge in [0.05, 0.1) is 0 Å². The van der Waals surface area contributed by atoms with Crippen molar-refractivity contribution in [2.45, 2.75) is 258 Å². The maximum Gasteiger partial charge on any atom is -0.00489 e. The van der Waals surface area contributed by atoms with Gasteiger partial charge in [0.1, 0.15) is 0 Å². The molecule has 0 aromatic carbocycles. The van der Waals surface area contributed by atoms with Crippen LogP contribution in [0.2, 0.25) is 0 Å². The van der Waals surface area contributed by atoms with Gasteiger partial charge in [-0.2, -0.15) is 0 Å². The van der Waals surface area contributed by atoms with Crippen LogP contribution in [0.25, 0.3) is 0 Å². The van der Waals surface area contributed by atoms with Crippen LogP contribution in [-0.2, 0) is 0 Å². The Kier molecular flexibility index (Phi) is 40.9. The number of nitrogens with one attached hydrogen (secondary N) is 1. The molecule has 0 spiro atoms. The fourth-order valence-electron chi connectivity index (χ4n) is 7.17. The summed E-state index contributed by atoms with van der Waals surface area (Å²) in [7, 11) is 0. The van der Waals surface area contributed by atoms with Crippen molar-refractivity contribution in [3.63, 3.8) is 0 Å². The van der Waals surface area contributed by atoms with E-state index < -0.39 is 0 Å². The molecule has 0 saturated heterocycles. The van der Waals surface area contributed by atoms with Crippen molar-refractivity contribution in [1.29, 1.82) is 0 Å². The molecule has 0 heterocycles. The van der Waals surface area contributed by atoms with Gasteiger partial charge in [-0.1, -0.05) is 245 Å². The second-order valence-corrected chi connectivity index (χ2v) is 14.9. The fourth-order valence-corrected chi connectivity index (χ4v) is 7.17. The highest BCUT2D eigenvalue weighted by Gasteiger charge is 2.09. The lowest BCUT2D eigenvalue weighted by Crippen LogP contribution is -2.16. The predicted octanol–water partition coefficient (Wildman–Crippen LogP) is 15.7. The number of hydrogen-bond acceptors (Lipinski definition) is 1. The van der Waals surface area contributed by atoms with Gasteiger partial charge in [-0.05, 0) is 31.8 Å². The topological polar surface area (TPSA) is 12.0 Å². The molecular formula is C43H89N. The van der Waals surface area contributed by atoms with E-state index in [1.165, 1.54) is 251 Å². The molecule has 0 radical (unpaired) electrons. The average Bonchev–Trinajstić information content (AvgIpc) is 3.03. The SMILES string of the molecule is CCCCCCCCCCCCCCCCCCCNCCCCCCCC(CCCCCCCC)CCCCCCCC. The first-order valence-electron chi connectivity index (χ1n) is 21.6. The molecule has 0 amide bonds. The van der Waals surface area contributed by atoms with Crippen molar-refractivity contribution in [2.24, 2.45) is 5.92 Å². The van der Waals surface area contributed by atoms with Crippen LogP contribution in [0.4, 0.5) is 0 Å². The molecule has 0 saturated carbocycles. The van der Waals surface area contributed by atoms with Crippen LogP contribution in [0.3, 0.4) is 0 Å². The van der Waals surface area contributed by atoms with Crippen molar-refractivity contribution >= 4 is 0 Å². The van der Waals surface area contributed by atoms with Gasteiger partial charge in [-0.25, -0.2) is 0 Å². The van der Waals surface area contributed by atoms with Crippen LogP contribution in [0.15, 0.2) is 0 Å². The van der Waals surface area contributed by atoms with Gasteiger partial charge in [0.15, 0.2) is 0 Å². The highest BCUT2D eigenvalue weighted by molar-refractivity contribution is 4.62. The molecule has 0 aromatic rings. The minimum absolute atomic E-state index is 1.03. The molecule has 0 rings (SSSR count). The maximum absolute atomic E-state index is 3.73. The molecule has 1 N–H and O–H groups in total. The third-order valence-electron chi connectivity index (χ3n) is 10.4. The van der Waals surface area contributed by atoms with E-state index in [9.17, 15) is 0 Å². The van der Waals surface area contributed by atoms with Crippen LogP contribution in [0, 0.1) is 5.92 Å². The molecule has 0 aliphatic carbocycles. The van der Waals surface area contributed by atoms with Crippen molar-refractivity contribution < 1.29 is 0 Å². The Balaban J connectivity index is 3.46. The van der Waals surface area contributed by atoms with Gasteiger partial charge < -0.3 is 5.32 Å². The molecule has 0 aliphatic heterocycles. The normalized spacial score (nSPS) is 11.7. The summed E-state index contributed by atoms with van der Waals surface area (Å²) in [5, 5.41) is 3.73. The third kappa shape index (κ3) is 38.1. The summed E-state index contributed by atoms with van der Waals surface area (Å²) >= 11 is 0. The zero-order chi connectivity index (χ0) is 31.9. The standard InChI is InChI=1S/C43H89N/c1-4-7-10-13-16-17-18-19-20-21-22-23-24-25-26-31-36-41-44-42-37-32-27-30-35-40-43(38-33-28-14-11-8-5-2)39-34-29-15-12-9-6-3/h43-44H,4-42H2,1-3H3. The molecule has 0 aromatic heterocycles. The maximum atomic E-state index is 3.73.